The van der Waals surface area contributed by atoms with Gasteiger partial charge in [0.15, 0.2) is 0 Å². The molecule has 7 heteroatoms. The molecule has 24 heavy (non-hydrogen) atoms. The smallest absolute Gasteiger partial charge is 0.249 e. The molecule has 0 atom stereocenters. The van der Waals surface area contributed by atoms with Gasteiger partial charge in [-0.3, -0.25) is 4.79 Å². The molecule has 0 bridgehead atoms. The number of hydrogen-bond acceptors (Lipinski definition) is 4. The van der Waals surface area contributed by atoms with E-state index < -0.39 is 5.91 Å². The van der Waals surface area contributed by atoms with Gasteiger partial charge in [-0.25, -0.2) is 4.98 Å². The maximum absolute atomic E-state index is 11.6. The Labute approximate surface area is 145 Å². The van der Waals surface area contributed by atoms with Crippen molar-refractivity contribution in [1.82, 2.24) is 9.55 Å². The SMILES string of the molecule is COCCOC1CCC(n2ccc3c(C(N)=O)cc(Cl)nc32)CC1. The molecule has 2 aromatic rings. The predicted octanol–water partition coefficient (Wildman–Crippen LogP) is 2.94. The van der Waals surface area contributed by atoms with Gasteiger partial charge in [-0.2, -0.15) is 0 Å². The van der Waals surface area contributed by atoms with Crippen LogP contribution < -0.4 is 5.73 Å². The molecule has 0 aliphatic heterocycles. The van der Waals surface area contributed by atoms with Gasteiger partial charge in [0.1, 0.15) is 10.8 Å². The topological polar surface area (TPSA) is 79.4 Å². The molecule has 130 valence electrons. The van der Waals surface area contributed by atoms with Crippen LogP contribution in [-0.4, -0.2) is 41.9 Å². The third-order valence-electron chi connectivity index (χ3n) is 4.60. The number of carbonyl (C=O) groups is 1. The molecule has 2 N–H and O–H groups in total. The van der Waals surface area contributed by atoms with Gasteiger partial charge in [0.2, 0.25) is 5.91 Å². The summed E-state index contributed by atoms with van der Waals surface area (Å²) < 4.78 is 12.9. The zero-order valence-corrected chi connectivity index (χ0v) is 14.5. The quantitative estimate of drug-likeness (QED) is 0.641. The van der Waals surface area contributed by atoms with Gasteiger partial charge in [-0.15, -0.1) is 0 Å². The second-order valence-corrected chi connectivity index (χ2v) is 6.50. The van der Waals surface area contributed by atoms with Crippen molar-refractivity contribution < 1.29 is 14.3 Å². The first-order valence-corrected chi connectivity index (χ1v) is 8.55. The second-order valence-electron chi connectivity index (χ2n) is 6.11. The number of fused-ring (bicyclic) bond motifs is 1. The Kier molecular flexibility index (Phi) is 5.38. The Bertz CT molecular complexity index is 723. The van der Waals surface area contributed by atoms with Crippen LogP contribution in [0.3, 0.4) is 0 Å². The van der Waals surface area contributed by atoms with Crippen molar-refractivity contribution in [2.75, 3.05) is 20.3 Å². The fraction of sp³-hybridized carbons (Fsp3) is 0.529. The highest BCUT2D eigenvalue weighted by molar-refractivity contribution is 6.30. The van der Waals surface area contributed by atoms with Crippen LogP contribution >= 0.6 is 11.6 Å². The van der Waals surface area contributed by atoms with Crippen molar-refractivity contribution in [3.05, 3.63) is 29.0 Å². The largest absolute Gasteiger partial charge is 0.382 e. The number of carbonyl (C=O) groups excluding carboxylic acids is 1. The number of primary amides is 1. The summed E-state index contributed by atoms with van der Waals surface area (Å²) in [5.74, 6) is -0.489. The van der Waals surface area contributed by atoms with Crippen LogP contribution in [0, 0.1) is 0 Å². The molecule has 2 heterocycles. The fourth-order valence-corrected chi connectivity index (χ4v) is 3.57. The van der Waals surface area contributed by atoms with E-state index in [2.05, 4.69) is 9.55 Å². The van der Waals surface area contributed by atoms with Gasteiger partial charge in [0.25, 0.3) is 0 Å². The van der Waals surface area contributed by atoms with E-state index in [4.69, 9.17) is 26.8 Å². The molecule has 2 aromatic heterocycles. The van der Waals surface area contributed by atoms with Crippen LogP contribution in [0.1, 0.15) is 42.1 Å². The van der Waals surface area contributed by atoms with E-state index in [0.717, 1.165) is 36.7 Å². The first-order valence-electron chi connectivity index (χ1n) is 8.17. The van der Waals surface area contributed by atoms with Crippen molar-refractivity contribution in [2.24, 2.45) is 5.73 Å². The molecule has 0 saturated heterocycles. The van der Waals surface area contributed by atoms with Gasteiger partial charge in [0, 0.05) is 24.7 Å². The Morgan fingerprint density at radius 3 is 2.79 bits per heavy atom. The molecule has 1 aliphatic carbocycles. The molecule has 1 fully saturated rings. The van der Waals surface area contributed by atoms with Crippen LogP contribution in [0.25, 0.3) is 11.0 Å². The average Bonchev–Trinajstić information content (AvgIpc) is 2.98. The third-order valence-corrected chi connectivity index (χ3v) is 4.79. The standard InChI is InChI=1S/C17H22ClN3O3/c1-23-8-9-24-12-4-2-11(3-5-12)21-7-6-13-14(16(19)22)10-15(18)20-17(13)21/h6-7,10-12H,2-5,8-9H2,1H3,(H2,19,22). The second kappa shape index (κ2) is 7.51. The number of aromatic nitrogens is 2. The lowest BCUT2D eigenvalue weighted by atomic mass is 9.93. The molecular weight excluding hydrogens is 330 g/mol. The molecule has 0 unspecified atom stereocenters. The average molecular weight is 352 g/mol. The number of nitrogens with two attached hydrogens (primary N) is 1. The van der Waals surface area contributed by atoms with Crippen molar-refractivity contribution >= 4 is 28.5 Å². The summed E-state index contributed by atoms with van der Waals surface area (Å²) >= 11 is 6.07. The number of rotatable bonds is 6. The van der Waals surface area contributed by atoms with Crippen LogP contribution in [-0.2, 0) is 9.47 Å². The van der Waals surface area contributed by atoms with E-state index in [9.17, 15) is 4.79 Å². The number of methoxy groups -OCH3 is 1. The summed E-state index contributed by atoms with van der Waals surface area (Å²) in [5.41, 5.74) is 6.59. The van der Waals surface area contributed by atoms with E-state index >= 15 is 0 Å². The predicted molar refractivity (Wildman–Crippen MR) is 92.4 cm³/mol. The Morgan fingerprint density at radius 1 is 1.38 bits per heavy atom. The summed E-state index contributed by atoms with van der Waals surface area (Å²) in [7, 11) is 1.68. The summed E-state index contributed by atoms with van der Waals surface area (Å²) in [6.07, 6.45) is 6.26. The van der Waals surface area contributed by atoms with Crippen molar-refractivity contribution in [3.8, 4) is 0 Å². The molecule has 1 amide bonds. The zero-order valence-electron chi connectivity index (χ0n) is 13.7. The van der Waals surface area contributed by atoms with Crippen molar-refractivity contribution in [3.63, 3.8) is 0 Å². The first kappa shape index (κ1) is 17.2. The minimum absolute atomic E-state index is 0.285. The maximum Gasteiger partial charge on any atom is 0.249 e. The van der Waals surface area contributed by atoms with Gasteiger partial charge in [0.05, 0.1) is 24.9 Å². The number of halogens is 1. The number of nitrogens with zero attached hydrogens (tertiary/aromatic N) is 2. The first-order chi connectivity index (χ1) is 11.6. The summed E-state index contributed by atoms with van der Waals surface area (Å²) in [6, 6.07) is 3.74. The van der Waals surface area contributed by atoms with Crippen molar-refractivity contribution in [1.29, 1.82) is 0 Å². The lowest BCUT2D eigenvalue weighted by Crippen LogP contribution is -2.24. The number of pyridine rings is 1. The lowest BCUT2D eigenvalue weighted by molar-refractivity contribution is -0.00622. The van der Waals surface area contributed by atoms with Gasteiger partial charge >= 0.3 is 0 Å². The molecule has 1 aliphatic rings. The summed E-state index contributed by atoms with van der Waals surface area (Å²) in [5, 5.41) is 1.04. The fourth-order valence-electron chi connectivity index (χ4n) is 3.38. The minimum atomic E-state index is -0.489. The van der Waals surface area contributed by atoms with Gasteiger partial charge in [-0.05, 0) is 37.8 Å². The minimum Gasteiger partial charge on any atom is -0.382 e. The van der Waals surface area contributed by atoms with Crippen LogP contribution in [0.5, 0.6) is 0 Å². The summed E-state index contributed by atoms with van der Waals surface area (Å²) in [6.45, 7) is 1.26. The van der Waals surface area contributed by atoms with Gasteiger partial charge < -0.3 is 19.8 Å². The van der Waals surface area contributed by atoms with E-state index in [1.165, 1.54) is 6.07 Å². The zero-order chi connectivity index (χ0) is 17.1. The number of ether oxygens (including phenoxy) is 2. The van der Waals surface area contributed by atoms with Crippen molar-refractivity contribution in [2.45, 2.75) is 37.8 Å². The molecule has 0 aromatic carbocycles. The van der Waals surface area contributed by atoms with E-state index in [1.807, 2.05) is 12.3 Å². The monoisotopic (exact) mass is 351 g/mol. The maximum atomic E-state index is 11.6. The van der Waals surface area contributed by atoms with E-state index in [-0.39, 0.29) is 11.3 Å². The number of hydrogen-bond donors (Lipinski definition) is 1. The molecule has 1 saturated carbocycles. The molecule has 0 spiro atoms. The normalized spacial score (nSPS) is 21.2. The van der Waals surface area contributed by atoms with Gasteiger partial charge in [-0.1, -0.05) is 11.6 Å². The van der Waals surface area contributed by atoms with Crippen LogP contribution in [0.15, 0.2) is 18.3 Å². The third kappa shape index (κ3) is 3.55. The Balaban J connectivity index is 1.76. The highest BCUT2D eigenvalue weighted by Gasteiger charge is 2.24. The molecule has 0 radical (unpaired) electrons. The molecule has 3 rings (SSSR count). The Hall–Kier alpha value is -1.63. The summed E-state index contributed by atoms with van der Waals surface area (Å²) in [4.78, 5) is 16.0. The Morgan fingerprint density at radius 2 is 2.12 bits per heavy atom. The lowest BCUT2D eigenvalue weighted by Gasteiger charge is -2.29. The molecule has 6 nitrogen and oxygen atoms in total. The van der Waals surface area contributed by atoms with E-state index in [1.54, 1.807) is 7.11 Å². The highest BCUT2D eigenvalue weighted by atomic mass is 35.5. The van der Waals surface area contributed by atoms with Crippen LogP contribution in [0.4, 0.5) is 0 Å². The van der Waals surface area contributed by atoms with E-state index in [0.29, 0.717) is 24.8 Å². The number of amides is 1. The van der Waals surface area contributed by atoms with Crippen LogP contribution in [0.2, 0.25) is 5.15 Å². The highest BCUT2D eigenvalue weighted by Crippen LogP contribution is 2.33. The molecular formula is C17H22ClN3O3.